The van der Waals surface area contributed by atoms with Crippen LogP contribution in [0.3, 0.4) is 0 Å². The Hall–Kier alpha value is -1.87. The molecule has 0 spiro atoms. The third kappa shape index (κ3) is 2.22. The van der Waals surface area contributed by atoms with Crippen molar-refractivity contribution >= 4 is 17.4 Å². The lowest BCUT2D eigenvalue weighted by Gasteiger charge is -2.18. The van der Waals surface area contributed by atoms with Gasteiger partial charge in [0.2, 0.25) is 0 Å². The van der Waals surface area contributed by atoms with E-state index in [0.717, 1.165) is 4.68 Å². The number of carbonyl (C=O) groups excluding carboxylic acids is 1. The highest BCUT2D eigenvalue weighted by atomic mass is 19.4. The zero-order valence-corrected chi connectivity index (χ0v) is 9.27. The van der Waals surface area contributed by atoms with Gasteiger partial charge in [-0.15, -0.1) is 0 Å². The Kier molecular flexibility index (Phi) is 3.24. The average Bonchev–Trinajstić information content (AvgIpc) is 2.43. The quantitative estimate of drug-likeness (QED) is 0.800. The highest BCUT2D eigenvalue weighted by Crippen LogP contribution is 2.36. The van der Waals surface area contributed by atoms with E-state index in [0.29, 0.717) is 0 Å². The summed E-state index contributed by atoms with van der Waals surface area (Å²) in [6, 6.07) is 0. The summed E-state index contributed by atoms with van der Waals surface area (Å²) in [6.07, 6.45) is -5.97. The molecule has 18 heavy (non-hydrogen) atoms. The van der Waals surface area contributed by atoms with E-state index in [1.165, 1.54) is 19.3 Å². The van der Waals surface area contributed by atoms with Gasteiger partial charge in [0.05, 0.1) is 11.4 Å². The standard InChI is InChI=1S/C8H9F5N4O/c1-3-4(14)5(17(2)16-3)15-6(18)7(9,10)8(11,12)13/h14H2,1-2H3,(H,15,18). The third-order valence-electron chi connectivity index (χ3n) is 2.14. The van der Waals surface area contributed by atoms with Crippen LogP contribution in [0.15, 0.2) is 0 Å². The zero-order valence-electron chi connectivity index (χ0n) is 9.27. The Morgan fingerprint density at radius 2 is 1.83 bits per heavy atom. The summed E-state index contributed by atoms with van der Waals surface area (Å²) in [6.45, 7) is 1.41. The van der Waals surface area contributed by atoms with Gasteiger partial charge in [-0.2, -0.15) is 27.1 Å². The summed E-state index contributed by atoms with van der Waals surface area (Å²) < 4.78 is 62.0. The van der Waals surface area contributed by atoms with Crippen LogP contribution in [0.5, 0.6) is 0 Å². The number of alkyl halides is 5. The second-order valence-corrected chi connectivity index (χ2v) is 3.50. The van der Waals surface area contributed by atoms with Gasteiger partial charge in [0.1, 0.15) is 0 Å². The molecule has 0 aliphatic carbocycles. The minimum atomic E-state index is -5.97. The summed E-state index contributed by atoms with van der Waals surface area (Å²) in [7, 11) is 1.24. The van der Waals surface area contributed by atoms with Crippen LogP contribution >= 0.6 is 0 Å². The molecule has 10 heteroatoms. The highest BCUT2D eigenvalue weighted by molar-refractivity contribution is 5.98. The van der Waals surface area contributed by atoms with Gasteiger partial charge >= 0.3 is 18.0 Å². The molecule has 3 N–H and O–H groups in total. The van der Waals surface area contributed by atoms with Gasteiger partial charge in [-0.3, -0.25) is 9.48 Å². The van der Waals surface area contributed by atoms with E-state index in [2.05, 4.69) is 5.10 Å². The Balaban J connectivity index is 3.02. The first kappa shape index (κ1) is 14.2. The molecule has 0 atom stereocenters. The largest absolute Gasteiger partial charge is 0.463 e. The van der Waals surface area contributed by atoms with Gasteiger partial charge in [-0.05, 0) is 6.92 Å². The zero-order chi connectivity index (χ0) is 14.3. The number of rotatable bonds is 2. The van der Waals surface area contributed by atoms with E-state index in [9.17, 15) is 26.7 Å². The number of nitrogen functional groups attached to an aromatic ring is 1. The molecule has 0 saturated carbocycles. The molecule has 1 aromatic rings. The number of aromatic nitrogens is 2. The van der Waals surface area contributed by atoms with E-state index in [4.69, 9.17) is 5.73 Å². The summed E-state index contributed by atoms with van der Waals surface area (Å²) in [5.74, 6) is -8.43. The van der Waals surface area contributed by atoms with Crippen molar-refractivity contribution in [2.45, 2.75) is 19.0 Å². The molecule has 0 bridgehead atoms. The number of nitrogens with two attached hydrogens (primary N) is 1. The maximum atomic E-state index is 12.7. The van der Waals surface area contributed by atoms with Crippen molar-refractivity contribution in [3.05, 3.63) is 5.69 Å². The maximum Gasteiger partial charge on any atom is 0.463 e. The number of halogens is 5. The normalized spacial score (nSPS) is 12.6. The molecular formula is C8H9F5N4O. The van der Waals surface area contributed by atoms with Crippen molar-refractivity contribution < 1.29 is 26.7 Å². The van der Waals surface area contributed by atoms with Crippen molar-refractivity contribution in [3.8, 4) is 0 Å². The summed E-state index contributed by atoms with van der Waals surface area (Å²) >= 11 is 0. The highest BCUT2D eigenvalue weighted by Gasteiger charge is 2.63. The minimum Gasteiger partial charge on any atom is -0.394 e. The first-order valence-electron chi connectivity index (χ1n) is 4.53. The van der Waals surface area contributed by atoms with Gasteiger partial charge in [0.15, 0.2) is 5.82 Å². The van der Waals surface area contributed by atoms with Gasteiger partial charge in [0.25, 0.3) is 0 Å². The molecular weight excluding hydrogens is 263 g/mol. The molecule has 0 radical (unpaired) electrons. The van der Waals surface area contributed by atoms with Crippen LogP contribution in [0.2, 0.25) is 0 Å². The van der Waals surface area contributed by atoms with Crippen LogP contribution in [-0.4, -0.2) is 27.8 Å². The summed E-state index contributed by atoms with van der Waals surface area (Å²) in [4.78, 5) is 10.9. The lowest BCUT2D eigenvalue weighted by atomic mass is 10.3. The maximum absolute atomic E-state index is 12.7. The van der Waals surface area contributed by atoms with Crippen molar-refractivity contribution in [3.63, 3.8) is 0 Å². The number of nitrogens with zero attached hydrogens (tertiary/aromatic N) is 2. The molecule has 0 aromatic carbocycles. The number of amides is 1. The van der Waals surface area contributed by atoms with Crippen LogP contribution in [0, 0.1) is 6.92 Å². The first-order valence-corrected chi connectivity index (χ1v) is 4.53. The van der Waals surface area contributed by atoms with Gasteiger partial charge < -0.3 is 11.1 Å². The van der Waals surface area contributed by atoms with Crippen LogP contribution in [-0.2, 0) is 11.8 Å². The van der Waals surface area contributed by atoms with Crippen LogP contribution in [0.1, 0.15) is 5.69 Å². The molecule has 5 nitrogen and oxygen atoms in total. The number of nitrogens with one attached hydrogen (secondary N) is 1. The fraction of sp³-hybridized carbons (Fsp3) is 0.500. The molecule has 102 valence electrons. The van der Waals surface area contributed by atoms with E-state index < -0.39 is 23.8 Å². The summed E-state index contributed by atoms with van der Waals surface area (Å²) in [5.41, 5.74) is 5.40. The van der Waals surface area contributed by atoms with E-state index in [1.807, 2.05) is 0 Å². The molecule has 1 rings (SSSR count). The fourth-order valence-corrected chi connectivity index (χ4v) is 1.14. The van der Waals surface area contributed by atoms with E-state index >= 15 is 0 Å². The monoisotopic (exact) mass is 272 g/mol. The number of carbonyl (C=O) groups is 1. The molecule has 1 amide bonds. The van der Waals surface area contributed by atoms with Crippen LogP contribution in [0.4, 0.5) is 33.5 Å². The third-order valence-corrected chi connectivity index (χ3v) is 2.14. The summed E-state index contributed by atoms with van der Waals surface area (Å²) in [5, 5.41) is 5.07. The predicted octanol–water partition coefficient (Wildman–Crippen LogP) is 1.45. The molecule has 1 heterocycles. The Labute approximate surface area is 97.7 Å². The van der Waals surface area contributed by atoms with Gasteiger partial charge in [0, 0.05) is 7.05 Å². The van der Waals surface area contributed by atoms with Crippen molar-refractivity contribution in [2.75, 3.05) is 11.1 Å². The second kappa shape index (κ2) is 4.10. The minimum absolute atomic E-state index is 0.177. The lowest BCUT2D eigenvalue weighted by Crippen LogP contribution is -2.47. The molecule has 0 saturated heterocycles. The fourth-order valence-electron chi connectivity index (χ4n) is 1.14. The lowest BCUT2D eigenvalue weighted by molar-refractivity contribution is -0.267. The van der Waals surface area contributed by atoms with Crippen LogP contribution in [0.25, 0.3) is 0 Å². The predicted molar refractivity (Wildman–Crippen MR) is 52.0 cm³/mol. The van der Waals surface area contributed by atoms with Gasteiger partial charge in [-0.25, -0.2) is 0 Å². The average molecular weight is 272 g/mol. The number of aryl methyl sites for hydroxylation is 2. The van der Waals surface area contributed by atoms with Crippen molar-refractivity contribution in [1.82, 2.24) is 9.78 Å². The molecule has 0 aliphatic heterocycles. The van der Waals surface area contributed by atoms with Gasteiger partial charge in [-0.1, -0.05) is 0 Å². The number of hydrogen-bond donors (Lipinski definition) is 2. The second-order valence-electron chi connectivity index (χ2n) is 3.50. The van der Waals surface area contributed by atoms with Crippen molar-refractivity contribution in [2.24, 2.45) is 7.05 Å². The molecule has 1 aromatic heterocycles. The first-order chi connectivity index (χ1) is 7.98. The Bertz CT molecular complexity index is 479. The number of hydrogen-bond acceptors (Lipinski definition) is 3. The molecule has 0 fully saturated rings. The number of anilines is 2. The van der Waals surface area contributed by atoms with Crippen LogP contribution < -0.4 is 11.1 Å². The molecule has 0 unspecified atom stereocenters. The molecule has 0 aliphatic rings. The Morgan fingerprint density at radius 1 is 1.33 bits per heavy atom. The smallest absolute Gasteiger partial charge is 0.394 e. The van der Waals surface area contributed by atoms with Crippen molar-refractivity contribution in [1.29, 1.82) is 0 Å². The SMILES string of the molecule is Cc1nn(C)c(NC(=O)C(F)(F)C(F)(F)F)c1N. The topological polar surface area (TPSA) is 72.9 Å². The Morgan fingerprint density at radius 3 is 2.17 bits per heavy atom. The van der Waals surface area contributed by atoms with E-state index in [1.54, 1.807) is 0 Å². The van der Waals surface area contributed by atoms with E-state index in [-0.39, 0.29) is 11.4 Å².